The first kappa shape index (κ1) is 11.4. The highest BCUT2D eigenvalue weighted by atomic mass is 35.5. The largest absolute Gasteiger partial charge is 0.265 e. The van der Waals surface area contributed by atoms with Crippen LogP contribution in [-0.4, -0.2) is 4.98 Å². The Hall–Kier alpha value is -0.700. The molecule has 1 nitrogen and oxygen atoms in total. The molecular formula is C10H12ClF2N. The maximum atomic E-state index is 12.2. The summed E-state index contributed by atoms with van der Waals surface area (Å²) in [5.74, 6) is 0. The molecule has 0 aliphatic heterocycles. The number of aromatic nitrogens is 1. The molecule has 1 rings (SSSR count). The Balaban J connectivity index is 2.79. The van der Waals surface area contributed by atoms with Crippen LogP contribution >= 0.6 is 11.6 Å². The number of alkyl halides is 2. The first-order valence-electron chi connectivity index (χ1n) is 4.57. The van der Waals surface area contributed by atoms with Crippen molar-refractivity contribution >= 4 is 11.6 Å². The van der Waals surface area contributed by atoms with Crippen LogP contribution in [0.2, 0.25) is 5.02 Å². The smallest absolute Gasteiger partial charge is 0.259 e. The zero-order chi connectivity index (χ0) is 10.6. The number of rotatable bonds is 4. The Morgan fingerprint density at radius 1 is 1.50 bits per heavy atom. The molecule has 0 bridgehead atoms. The van der Waals surface area contributed by atoms with Gasteiger partial charge in [-0.1, -0.05) is 24.9 Å². The van der Waals surface area contributed by atoms with Gasteiger partial charge in [0.05, 0.1) is 10.7 Å². The first-order chi connectivity index (χ1) is 6.65. The normalized spacial score (nSPS) is 10.9. The van der Waals surface area contributed by atoms with Crippen molar-refractivity contribution in [3.8, 4) is 0 Å². The number of unbranched alkanes of at least 4 members (excludes halogenated alkanes) is 1. The summed E-state index contributed by atoms with van der Waals surface area (Å²) in [5.41, 5.74) is 0.591. The van der Waals surface area contributed by atoms with Crippen molar-refractivity contribution in [3.63, 3.8) is 0 Å². The van der Waals surface area contributed by atoms with E-state index in [2.05, 4.69) is 11.9 Å². The molecule has 0 fully saturated rings. The lowest BCUT2D eigenvalue weighted by atomic mass is 10.1. The van der Waals surface area contributed by atoms with Crippen LogP contribution in [0, 0.1) is 0 Å². The van der Waals surface area contributed by atoms with E-state index in [1.165, 1.54) is 12.3 Å². The predicted octanol–water partition coefficient (Wildman–Crippen LogP) is 4.02. The third-order valence-corrected chi connectivity index (χ3v) is 2.28. The highest BCUT2D eigenvalue weighted by molar-refractivity contribution is 6.31. The van der Waals surface area contributed by atoms with Gasteiger partial charge in [-0.2, -0.15) is 0 Å². The van der Waals surface area contributed by atoms with E-state index in [1.807, 2.05) is 0 Å². The summed E-state index contributed by atoms with van der Waals surface area (Å²) < 4.78 is 24.5. The zero-order valence-corrected chi connectivity index (χ0v) is 8.69. The van der Waals surface area contributed by atoms with Gasteiger partial charge in [0.15, 0.2) is 0 Å². The van der Waals surface area contributed by atoms with Crippen LogP contribution in [0.15, 0.2) is 12.3 Å². The Morgan fingerprint density at radius 2 is 2.21 bits per heavy atom. The average Bonchev–Trinajstić information content (AvgIpc) is 2.15. The van der Waals surface area contributed by atoms with Gasteiger partial charge in [-0.05, 0) is 18.9 Å². The van der Waals surface area contributed by atoms with Crippen molar-refractivity contribution in [1.82, 2.24) is 4.98 Å². The first-order valence-corrected chi connectivity index (χ1v) is 4.95. The van der Waals surface area contributed by atoms with E-state index in [0.717, 1.165) is 19.3 Å². The Labute approximate surface area is 87.1 Å². The fraction of sp³-hybridized carbons (Fsp3) is 0.500. The fourth-order valence-corrected chi connectivity index (χ4v) is 1.40. The zero-order valence-electron chi connectivity index (χ0n) is 7.93. The predicted molar refractivity (Wildman–Crippen MR) is 52.8 cm³/mol. The fourth-order valence-electron chi connectivity index (χ4n) is 1.13. The summed E-state index contributed by atoms with van der Waals surface area (Å²) in [6.07, 6.45) is 1.45. The van der Waals surface area contributed by atoms with Crippen molar-refractivity contribution in [2.24, 2.45) is 0 Å². The van der Waals surface area contributed by atoms with Crippen molar-refractivity contribution in [1.29, 1.82) is 0 Å². The molecule has 0 aliphatic rings. The minimum atomic E-state index is -2.50. The maximum Gasteiger partial charge on any atom is 0.265 e. The van der Waals surface area contributed by atoms with E-state index in [0.29, 0.717) is 10.7 Å². The maximum absolute atomic E-state index is 12.2. The SMILES string of the molecule is CCCCc1ncc(C(F)F)cc1Cl. The summed E-state index contributed by atoms with van der Waals surface area (Å²) >= 11 is 5.81. The standard InChI is InChI=1S/C10H12ClF2N/c1-2-3-4-9-8(11)5-7(6-14-9)10(12)13/h5-6,10H,2-4H2,1H3. The number of hydrogen-bond acceptors (Lipinski definition) is 1. The molecule has 0 saturated heterocycles. The van der Waals surface area contributed by atoms with Crippen LogP contribution in [0.4, 0.5) is 8.78 Å². The number of hydrogen-bond donors (Lipinski definition) is 0. The van der Waals surface area contributed by atoms with Gasteiger partial charge < -0.3 is 0 Å². The summed E-state index contributed by atoms with van der Waals surface area (Å²) in [6.45, 7) is 2.06. The van der Waals surface area contributed by atoms with Crippen molar-refractivity contribution in [3.05, 3.63) is 28.5 Å². The number of nitrogens with zero attached hydrogens (tertiary/aromatic N) is 1. The lowest BCUT2D eigenvalue weighted by molar-refractivity contribution is 0.151. The summed E-state index contributed by atoms with van der Waals surface area (Å²) in [6, 6.07) is 1.30. The van der Waals surface area contributed by atoms with Crippen molar-refractivity contribution in [2.45, 2.75) is 32.6 Å². The molecule has 0 saturated carbocycles. The lowest BCUT2D eigenvalue weighted by Crippen LogP contribution is -1.94. The molecule has 0 amide bonds. The molecule has 0 unspecified atom stereocenters. The molecular weight excluding hydrogens is 208 g/mol. The highest BCUT2D eigenvalue weighted by Crippen LogP contribution is 2.23. The molecule has 0 N–H and O–H groups in total. The summed E-state index contributed by atoms with van der Waals surface area (Å²) in [4.78, 5) is 3.93. The molecule has 0 radical (unpaired) electrons. The average molecular weight is 220 g/mol. The molecule has 0 spiro atoms. The van der Waals surface area contributed by atoms with E-state index in [-0.39, 0.29) is 5.56 Å². The van der Waals surface area contributed by atoms with E-state index in [9.17, 15) is 8.78 Å². The van der Waals surface area contributed by atoms with Crippen LogP contribution in [0.1, 0.15) is 37.4 Å². The van der Waals surface area contributed by atoms with Gasteiger partial charge in [-0.15, -0.1) is 0 Å². The number of halogens is 3. The topological polar surface area (TPSA) is 12.9 Å². The van der Waals surface area contributed by atoms with Gasteiger partial charge in [0, 0.05) is 11.8 Å². The number of aryl methyl sites for hydroxylation is 1. The minimum Gasteiger partial charge on any atom is -0.259 e. The van der Waals surface area contributed by atoms with Crippen LogP contribution in [-0.2, 0) is 6.42 Å². The Morgan fingerprint density at radius 3 is 2.71 bits per heavy atom. The van der Waals surface area contributed by atoms with E-state index < -0.39 is 6.43 Å². The van der Waals surface area contributed by atoms with E-state index >= 15 is 0 Å². The molecule has 14 heavy (non-hydrogen) atoms. The third kappa shape index (κ3) is 2.91. The quantitative estimate of drug-likeness (QED) is 0.746. The van der Waals surface area contributed by atoms with Crippen molar-refractivity contribution in [2.75, 3.05) is 0 Å². The van der Waals surface area contributed by atoms with Crippen LogP contribution in [0.3, 0.4) is 0 Å². The molecule has 1 heterocycles. The molecule has 4 heteroatoms. The molecule has 0 atom stereocenters. The van der Waals surface area contributed by atoms with Gasteiger partial charge >= 0.3 is 0 Å². The third-order valence-electron chi connectivity index (χ3n) is 1.96. The summed E-state index contributed by atoms with van der Waals surface area (Å²) in [5, 5.41) is 0.344. The second kappa shape index (κ2) is 5.25. The Bertz CT molecular complexity index is 302. The Kier molecular flexibility index (Phi) is 4.26. The highest BCUT2D eigenvalue weighted by Gasteiger charge is 2.10. The van der Waals surface area contributed by atoms with Gasteiger partial charge in [-0.3, -0.25) is 4.98 Å². The van der Waals surface area contributed by atoms with E-state index in [1.54, 1.807) is 0 Å². The second-order valence-corrected chi connectivity index (χ2v) is 3.51. The molecule has 0 aromatic carbocycles. The molecule has 1 aromatic rings. The minimum absolute atomic E-state index is 0.116. The van der Waals surface area contributed by atoms with Gasteiger partial charge in [0.25, 0.3) is 6.43 Å². The van der Waals surface area contributed by atoms with Crippen molar-refractivity contribution < 1.29 is 8.78 Å². The number of pyridine rings is 1. The molecule has 1 aromatic heterocycles. The van der Waals surface area contributed by atoms with Gasteiger partial charge in [0.1, 0.15) is 0 Å². The molecule has 78 valence electrons. The van der Waals surface area contributed by atoms with Gasteiger partial charge in [0.2, 0.25) is 0 Å². The molecule has 0 aliphatic carbocycles. The van der Waals surface area contributed by atoms with Gasteiger partial charge in [-0.25, -0.2) is 8.78 Å². The van der Waals surface area contributed by atoms with Crippen LogP contribution in [0.25, 0.3) is 0 Å². The van der Waals surface area contributed by atoms with E-state index in [4.69, 9.17) is 11.6 Å². The van der Waals surface area contributed by atoms with Crippen LogP contribution < -0.4 is 0 Å². The summed E-state index contributed by atoms with van der Waals surface area (Å²) in [7, 11) is 0. The lowest BCUT2D eigenvalue weighted by Gasteiger charge is -2.04. The monoisotopic (exact) mass is 219 g/mol. The van der Waals surface area contributed by atoms with Crippen LogP contribution in [0.5, 0.6) is 0 Å². The second-order valence-electron chi connectivity index (χ2n) is 3.10.